The summed E-state index contributed by atoms with van der Waals surface area (Å²) in [6.07, 6.45) is 1.72. The molecule has 0 heterocycles. The Kier molecular flexibility index (Phi) is 5.52. The maximum absolute atomic E-state index is 11.8. The van der Waals surface area contributed by atoms with Crippen molar-refractivity contribution in [1.29, 1.82) is 0 Å². The number of rotatable bonds is 6. The van der Waals surface area contributed by atoms with Crippen molar-refractivity contribution in [3.05, 3.63) is 23.8 Å². The molecule has 0 aromatic heterocycles. The van der Waals surface area contributed by atoms with Crippen LogP contribution in [-0.2, 0) is 14.8 Å². The molecule has 0 aliphatic heterocycles. The molecule has 6 nitrogen and oxygen atoms in total. The van der Waals surface area contributed by atoms with E-state index in [4.69, 9.17) is 5.73 Å². The lowest BCUT2D eigenvalue weighted by molar-refractivity contribution is -0.119. The van der Waals surface area contributed by atoms with Crippen LogP contribution in [0.4, 0.5) is 11.4 Å². The molecule has 0 aliphatic carbocycles. The van der Waals surface area contributed by atoms with E-state index in [1.165, 1.54) is 0 Å². The summed E-state index contributed by atoms with van der Waals surface area (Å²) < 4.78 is 24.8. The van der Waals surface area contributed by atoms with Gasteiger partial charge in [0, 0.05) is 11.6 Å². The van der Waals surface area contributed by atoms with Gasteiger partial charge in [0.2, 0.25) is 15.9 Å². The van der Waals surface area contributed by atoms with Gasteiger partial charge in [-0.1, -0.05) is 6.92 Å². The lowest BCUT2D eigenvalue weighted by Crippen LogP contribution is -2.22. The lowest BCUT2D eigenvalue weighted by Gasteiger charge is -2.13. The number of anilines is 2. The number of carbonyl (C=O) groups excluding carboxylic acids is 1. The number of nitrogens with one attached hydrogen (secondary N) is 2. The third-order valence-corrected chi connectivity index (χ3v) is 3.43. The second-order valence-electron chi connectivity index (χ2n) is 4.87. The predicted molar refractivity (Wildman–Crippen MR) is 81.1 cm³/mol. The van der Waals surface area contributed by atoms with E-state index >= 15 is 0 Å². The van der Waals surface area contributed by atoms with Gasteiger partial charge in [0.25, 0.3) is 0 Å². The molecule has 1 aromatic carbocycles. The zero-order valence-corrected chi connectivity index (χ0v) is 12.8. The van der Waals surface area contributed by atoms with E-state index in [-0.39, 0.29) is 11.8 Å². The molecule has 112 valence electrons. The van der Waals surface area contributed by atoms with Crippen molar-refractivity contribution in [2.75, 3.05) is 22.8 Å². The number of nitrogens with two attached hydrogens (primary N) is 1. The van der Waals surface area contributed by atoms with Gasteiger partial charge in [-0.25, -0.2) is 8.42 Å². The Labute approximate surface area is 119 Å². The van der Waals surface area contributed by atoms with Gasteiger partial charge in [-0.05, 0) is 43.7 Å². The summed E-state index contributed by atoms with van der Waals surface area (Å²) in [6.45, 7) is 4.05. The summed E-state index contributed by atoms with van der Waals surface area (Å²) in [5.74, 6) is -0.257. The monoisotopic (exact) mass is 299 g/mol. The highest BCUT2D eigenvalue weighted by molar-refractivity contribution is 7.92. The molecule has 1 atom stereocenters. The third kappa shape index (κ3) is 5.18. The number of sulfonamides is 1. The van der Waals surface area contributed by atoms with Crippen molar-refractivity contribution in [2.24, 2.45) is 11.7 Å². The molecule has 7 heteroatoms. The highest BCUT2D eigenvalue weighted by Crippen LogP contribution is 2.21. The van der Waals surface area contributed by atoms with Crippen molar-refractivity contribution in [2.45, 2.75) is 20.3 Å². The lowest BCUT2D eigenvalue weighted by atomic mass is 10.1. The van der Waals surface area contributed by atoms with Crippen LogP contribution < -0.4 is 15.8 Å². The Balaban J connectivity index is 2.80. The second kappa shape index (κ2) is 6.71. The van der Waals surface area contributed by atoms with Crippen LogP contribution in [0.2, 0.25) is 0 Å². The highest BCUT2D eigenvalue weighted by Gasteiger charge is 2.12. The summed E-state index contributed by atoms with van der Waals surface area (Å²) in [6, 6.07) is 5.01. The van der Waals surface area contributed by atoms with Gasteiger partial charge in [-0.2, -0.15) is 0 Å². The van der Waals surface area contributed by atoms with Gasteiger partial charge in [-0.15, -0.1) is 0 Å². The fraction of sp³-hybridized carbons (Fsp3) is 0.462. The highest BCUT2D eigenvalue weighted by atomic mass is 32.2. The van der Waals surface area contributed by atoms with Crippen LogP contribution in [-0.4, -0.2) is 27.1 Å². The van der Waals surface area contributed by atoms with Crippen LogP contribution >= 0.6 is 0 Å². The number of carbonyl (C=O) groups is 1. The Morgan fingerprint density at radius 1 is 1.40 bits per heavy atom. The number of hydrogen-bond donors (Lipinski definition) is 3. The SMILES string of the molecule is Cc1cc(NC(=O)C(C)CCN)ccc1NS(C)(=O)=O. The van der Waals surface area contributed by atoms with E-state index < -0.39 is 10.0 Å². The number of hydrogen-bond acceptors (Lipinski definition) is 4. The molecular weight excluding hydrogens is 278 g/mol. The molecule has 20 heavy (non-hydrogen) atoms. The fourth-order valence-corrected chi connectivity index (χ4v) is 2.33. The fourth-order valence-electron chi connectivity index (χ4n) is 1.70. The maximum Gasteiger partial charge on any atom is 0.229 e. The minimum atomic E-state index is -3.31. The van der Waals surface area contributed by atoms with E-state index in [0.29, 0.717) is 24.3 Å². The molecule has 0 aliphatic rings. The Hall–Kier alpha value is -1.60. The standard InChI is InChI=1S/C13H21N3O3S/c1-9(6-7-14)13(17)15-11-4-5-12(10(2)8-11)16-20(3,18)19/h4-5,8-9,16H,6-7,14H2,1-3H3,(H,15,17). The number of amides is 1. The number of aryl methyl sites for hydroxylation is 1. The van der Waals surface area contributed by atoms with Crippen molar-refractivity contribution in [1.82, 2.24) is 0 Å². The van der Waals surface area contributed by atoms with Crippen molar-refractivity contribution in [3.63, 3.8) is 0 Å². The van der Waals surface area contributed by atoms with Gasteiger partial charge >= 0.3 is 0 Å². The smallest absolute Gasteiger partial charge is 0.229 e. The van der Waals surface area contributed by atoms with Crippen LogP contribution in [0.5, 0.6) is 0 Å². The average molecular weight is 299 g/mol. The molecule has 4 N–H and O–H groups in total. The first-order valence-electron chi connectivity index (χ1n) is 6.32. The van der Waals surface area contributed by atoms with Crippen LogP contribution in [0.15, 0.2) is 18.2 Å². The number of benzene rings is 1. The Morgan fingerprint density at radius 3 is 2.55 bits per heavy atom. The molecular formula is C13H21N3O3S. The molecule has 1 aromatic rings. The van der Waals surface area contributed by atoms with Crippen molar-refractivity contribution < 1.29 is 13.2 Å². The zero-order valence-electron chi connectivity index (χ0n) is 11.9. The quantitative estimate of drug-likeness (QED) is 0.736. The van der Waals surface area contributed by atoms with E-state index in [0.717, 1.165) is 11.8 Å². The van der Waals surface area contributed by atoms with E-state index in [1.807, 2.05) is 6.92 Å². The summed E-state index contributed by atoms with van der Waals surface area (Å²) in [4.78, 5) is 11.8. The van der Waals surface area contributed by atoms with Crippen molar-refractivity contribution >= 4 is 27.3 Å². The first-order chi connectivity index (χ1) is 9.23. The first kappa shape index (κ1) is 16.5. The largest absolute Gasteiger partial charge is 0.330 e. The molecule has 1 amide bonds. The van der Waals surface area contributed by atoms with Gasteiger partial charge in [-0.3, -0.25) is 9.52 Å². The Morgan fingerprint density at radius 2 is 2.05 bits per heavy atom. The third-order valence-electron chi connectivity index (χ3n) is 2.84. The second-order valence-corrected chi connectivity index (χ2v) is 6.62. The van der Waals surface area contributed by atoms with Gasteiger partial charge in [0.05, 0.1) is 11.9 Å². The van der Waals surface area contributed by atoms with E-state index in [1.54, 1.807) is 25.1 Å². The topological polar surface area (TPSA) is 101 Å². The van der Waals surface area contributed by atoms with Gasteiger partial charge < -0.3 is 11.1 Å². The average Bonchev–Trinajstić information content (AvgIpc) is 2.31. The molecule has 0 saturated carbocycles. The predicted octanol–water partition coefficient (Wildman–Crippen LogP) is 1.29. The van der Waals surface area contributed by atoms with Gasteiger partial charge in [0.15, 0.2) is 0 Å². The minimum absolute atomic E-state index is 0.0985. The molecule has 0 saturated heterocycles. The maximum atomic E-state index is 11.8. The van der Waals surface area contributed by atoms with Crippen molar-refractivity contribution in [3.8, 4) is 0 Å². The van der Waals surface area contributed by atoms with Crippen LogP contribution in [0.25, 0.3) is 0 Å². The molecule has 0 bridgehead atoms. The summed E-state index contributed by atoms with van der Waals surface area (Å²) >= 11 is 0. The van der Waals surface area contributed by atoms with Crippen LogP contribution in [0.1, 0.15) is 18.9 Å². The molecule has 1 rings (SSSR count). The summed E-state index contributed by atoms with van der Waals surface area (Å²) in [7, 11) is -3.31. The summed E-state index contributed by atoms with van der Waals surface area (Å²) in [5.41, 5.74) is 7.29. The van der Waals surface area contributed by atoms with Crippen LogP contribution in [0, 0.1) is 12.8 Å². The minimum Gasteiger partial charge on any atom is -0.330 e. The van der Waals surface area contributed by atoms with Gasteiger partial charge in [0.1, 0.15) is 0 Å². The molecule has 0 radical (unpaired) electrons. The Bertz CT molecular complexity index is 585. The first-order valence-corrected chi connectivity index (χ1v) is 8.21. The van der Waals surface area contributed by atoms with E-state index in [2.05, 4.69) is 10.0 Å². The zero-order chi connectivity index (χ0) is 15.3. The molecule has 1 unspecified atom stereocenters. The van der Waals surface area contributed by atoms with Crippen LogP contribution in [0.3, 0.4) is 0 Å². The molecule has 0 spiro atoms. The normalized spacial score (nSPS) is 12.8. The summed E-state index contributed by atoms with van der Waals surface area (Å²) in [5, 5.41) is 2.79. The molecule has 0 fully saturated rings. The van der Waals surface area contributed by atoms with E-state index in [9.17, 15) is 13.2 Å².